The van der Waals surface area contributed by atoms with Crippen LogP contribution in [-0.4, -0.2) is 48.8 Å². The molecule has 2 atom stereocenters. The average molecular weight is 322 g/mol. The Morgan fingerprint density at radius 2 is 1.65 bits per heavy atom. The fraction of sp³-hybridized carbons (Fsp3) is 0.900. The minimum absolute atomic E-state index is 0.212. The van der Waals surface area contributed by atoms with Crippen molar-refractivity contribution < 1.29 is 41.4 Å². The summed E-state index contributed by atoms with van der Waals surface area (Å²) in [5, 5.41) is 9.74. The van der Waals surface area contributed by atoms with Gasteiger partial charge in [0.05, 0.1) is 20.3 Å². The second kappa shape index (κ2) is 6.89. The van der Waals surface area contributed by atoms with Crippen molar-refractivity contribution in [3.63, 3.8) is 0 Å². The molecule has 0 spiro atoms. The number of carbonyl (C=O) groups excluding carboxylic acids is 1. The highest BCUT2D eigenvalue weighted by atomic mass is 31.2. The Bertz CT molecular complexity index is 376. The Morgan fingerprint density at radius 1 is 1.25 bits per heavy atom. The summed E-state index contributed by atoms with van der Waals surface area (Å²) in [6, 6.07) is 0. The van der Waals surface area contributed by atoms with E-state index in [2.05, 4.69) is 4.74 Å². The molecule has 0 saturated carbocycles. The lowest BCUT2D eigenvalue weighted by Gasteiger charge is -2.35. The van der Waals surface area contributed by atoms with Crippen molar-refractivity contribution in [2.75, 3.05) is 20.3 Å². The first-order valence-electron chi connectivity index (χ1n) is 5.77. The third-order valence-corrected chi connectivity index (χ3v) is 5.18. The van der Waals surface area contributed by atoms with Gasteiger partial charge in [0.1, 0.15) is 5.66 Å². The van der Waals surface area contributed by atoms with E-state index in [1.165, 1.54) is 13.8 Å². The van der Waals surface area contributed by atoms with E-state index >= 15 is 0 Å². The molecule has 0 aromatic carbocycles. The first kappa shape index (κ1) is 19.4. The number of methoxy groups -OCH3 is 1. The van der Waals surface area contributed by atoms with Gasteiger partial charge in [-0.25, -0.2) is 4.79 Å². The molecule has 2 unspecified atom stereocenters. The zero-order valence-electron chi connectivity index (χ0n) is 11.6. The Labute approximate surface area is 114 Å². The Balaban J connectivity index is 5.81. The van der Waals surface area contributed by atoms with Gasteiger partial charge in [-0.05, 0) is 20.8 Å². The van der Waals surface area contributed by atoms with Crippen molar-refractivity contribution in [3.05, 3.63) is 0 Å². The maximum atomic E-state index is 13.0. The standard InChI is InChI=1S/C10H18F3O6P/c1-5-18-20(16,19-6-2)7(3)9(15,8(14)17-4)10(11,12)13/h7,15H,5-6H2,1-4H3. The van der Waals surface area contributed by atoms with Crippen LogP contribution in [0.5, 0.6) is 0 Å². The van der Waals surface area contributed by atoms with E-state index in [9.17, 15) is 27.6 Å². The zero-order chi connectivity index (χ0) is 16.2. The highest BCUT2D eigenvalue weighted by Crippen LogP contribution is 2.59. The summed E-state index contributed by atoms with van der Waals surface area (Å²) in [5.74, 6) is -1.97. The van der Waals surface area contributed by atoms with E-state index < -0.39 is 31.0 Å². The molecule has 0 amide bonds. The fourth-order valence-corrected chi connectivity index (χ4v) is 3.48. The van der Waals surface area contributed by atoms with Gasteiger partial charge in [-0.1, -0.05) is 0 Å². The summed E-state index contributed by atoms with van der Waals surface area (Å²) in [6.45, 7) is 3.12. The lowest BCUT2D eigenvalue weighted by molar-refractivity contribution is -0.262. The van der Waals surface area contributed by atoms with Crippen molar-refractivity contribution >= 4 is 13.6 Å². The third kappa shape index (κ3) is 3.52. The molecule has 0 aliphatic carbocycles. The van der Waals surface area contributed by atoms with Crippen molar-refractivity contribution in [2.45, 2.75) is 38.2 Å². The molecule has 0 saturated heterocycles. The molecule has 120 valence electrons. The van der Waals surface area contributed by atoms with Crippen LogP contribution < -0.4 is 0 Å². The van der Waals surface area contributed by atoms with Crippen LogP contribution in [0.15, 0.2) is 0 Å². The second-order valence-electron chi connectivity index (χ2n) is 3.81. The van der Waals surface area contributed by atoms with E-state index in [1.807, 2.05) is 0 Å². The lowest BCUT2D eigenvalue weighted by Crippen LogP contribution is -2.59. The quantitative estimate of drug-likeness (QED) is 0.571. The molecule has 0 heterocycles. The maximum Gasteiger partial charge on any atom is 0.429 e. The van der Waals surface area contributed by atoms with Crippen LogP contribution in [0, 0.1) is 0 Å². The van der Waals surface area contributed by atoms with Crippen LogP contribution in [0.1, 0.15) is 20.8 Å². The number of rotatable bonds is 7. The van der Waals surface area contributed by atoms with E-state index in [1.54, 1.807) is 0 Å². The summed E-state index contributed by atoms with van der Waals surface area (Å²) in [5.41, 5.74) is -6.16. The molecule has 6 nitrogen and oxygen atoms in total. The Kier molecular flexibility index (Phi) is 6.67. The summed E-state index contributed by atoms with van der Waals surface area (Å²) in [4.78, 5) is 11.4. The monoisotopic (exact) mass is 322 g/mol. The average Bonchev–Trinajstić information content (AvgIpc) is 2.35. The Hall–Kier alpha value is -0.630. The first-order valence-corrected chi connectivity index (χ1v) is 7.38. The molecular weight excluding hydrogens is 304 g/mol. The minimum Gasteiger partial charge on any atom is -0.467 e. The molecule has 1 N–H and O–H groups in total. The van der Waals surface area contributed by atoms with Gasteiger partial charge in [0.25, 0.3) is 5.60 Å². The van der Waals surface area contributed by atoms with Gasteiger partial charge in [-0.3, -0.25) is 4.57 Å². The zero-order valence-corrected chi connectivity index (χ0v) is 12.5. The van der Waals surface area contributed by atoms with Gasteiger partial charge in [0, 0.05) is 0 Å². The van der Waals surface area contributed by atoms with Crippen molar-refractivity contribution in [1.29, 1.82) is 0 Å². The van der Waals surface area contributed by atoms with Crippen molar-refractivity contribution in [1.82, 2.24) is 0 Å². The molecule has 20 heavy (non-hydrogen) atoms. The summed E-state index contributed by atoms with van der Waals surface area (Å²) in [6.07, 6.45) is -5.40. The SMILES string of the molecule is CCOP(=O)(OCC)C(C)C(O)(C(=O)OC)C(F)(F)F. The van der Waals surface area contributed by atoms with Crippen LogP contribution in [-0.2, 0) is 23.1 Å². The number of aliphatic hydroxyl groups is 1. The summed E-state index contributed by atoms with van der Waals surface area (Å²) >= 11 is 0. The van der Waals surface area contributed by atoms with Gasteiger partial charge in [0.2, 0.25) is 0 Å². The van der Waals surface area contributed by atoms with Gasteiger partial charge in [0.15, 0.2) is 0 Å². The van der Waals surface area contributed by atoms with Crippen molar-refractivity contribution in [2.24, 2.45) is 0 Å². The molecule has 0 aromatic rings. The van der Waals surface area contributed by atoms with Gasteiger partial charge >= 0.3 is 19.7 Å². The predicted octanol–water partition coefficient (Wildman–Crippen LogP) is 2.11. The van der Waals surface area contributed by atoms with Crippen LogP contribution in [0.3, 0.4) is 0 Å². The third-order valence-electron chi connectivity index (χ3n) is 2.63. The number of hydrogen-bond acceptors (Lipinski definition) is 6. The lowest BCUT2D eigenvalue weighted by atomic mass is 10.00. The molecule has 0 aliphatic heterocycles. The van der Waals surface area contributed by atoms with E-state index in [-0.39, 0.29) is 13.2 Å². The number of ether oxygens (including phenoxy) is 1. The minimum atomic E-state index is -5.40. The number of halogens is 3. The maximum absolute atomic E-state index is 13.0. The molecule has 0 fully saturated rings. The normalized spacial score (nSPS) is 17.4. The predicted molar refractivity (Wildman–Crippen MR) is 63.3 cm³/mol. The van der Waals surface area contributed by atoms with Crippen LogP contribution in [0.2, 0.25) is 0 Å². The second-order valence-corrected chi connectivity index (χ2v) is 6.18. The topological polar surface area (TPSA) is 82.1 Å². The number of carbonyl (C=O) groups is 1. The van der Waals surface area contributed by atoms with Gasteiger partial charge in [-0.2, -0.15) is 13.2 Å². The molecule has 0 rings (SSSR count). The molecule has 0 bridgehead atoms. The van der Waals surface area contributed by atoms with Gasteiger partial charge in [-0.15, -0.1) is 0 Å². The number of hydrogen-bond donors (Lipinski definition) is 1. The summed E-state index contributed by atoms with van der Waals surface area (Å²) < 4.78 is 64.8. The summed E-state index contributed by atoms with van der Waals surface area (Å²) in [7, 11) is -3.69. The molecule has 0 aromatic heterocycles. The largest absolute Gasteiger partial charge is 0.467 e. The first-order chi connectivity index (χ1) is 9.01. The highest BCUT2D eigenvalue weighted by Gasteiger charge is 2.68. The smallest absolute Gasteiger partial charge is 0.429 e. The molecular formula is C10H18F3O6P. The van der Waals surface area contributed by atoms with Gasteiger partial charge < -0.3 is 18.9 Å². The number of alkyl halides is 3. The Morgan fingerprint density at radius 3 is 1.90 bits per heavy atom. The molecule has 10 heteroatoms. The fourth-order valence-electron chi connectivity index (χ4n) is 1.53. The van der Waals surface area contributed by atoms with E-state index in [0.717, 1.165) is 6.92 Å². The van der Waals surface area contributed by atoms with Crippen LogP contribution in [0.4, 0.5) is 13.2 Å². The molecule has 0 aliphatic rings. The van der Waals surface area contributed by atoms with Crippen molar-refractivity contribution in [3.8, 4) is 0 Å². The van der Waals surface area contributed by atoms with Crippen LogP contribution >= 0.6 is 7.60 Å². The van der Waals surface area contributed by atoms with E-state index in [4.69, 9.17) is 9.05 Å². The van der Waals surface area contributed by atoms with Crippen LogP contribution in [0.25, 0.3) is 0 Å². The highest BCUT2D eigenvalue weighted by molar-refractivity contribution is 7.54. The number of esters is 1. The molecule has 0 radical (unpaired) electrons. The van der Waals surface area contributed by atoms with E-state index in [0.29, 0.717) is 7.11 Å².